The van der Waals surface area contributed by atoms with E-state index in [2.05, 4.69) is 20.1 Å². The standard InChI is InChI=1S/C8H8NO3.3CH3.Sn/c1-12-7-4-2-6(3-5-7)9-8(10)11;;;;/h2,4-5,9H,1H3,(H,10,11);3*1H3;. The van der Waals surface area contributed by atoms with E-state index in [-0.39, 0.29) is 0 Å². The Morgan fingerprint density at radius 3 is 2.44 bits per heavy atom. The van der Waals surface area contributed by atoms with E-state index < -0.39 is 24.5 Å². The topological polar surface area (TPSA) is 58.6 Å². The van der Waals surface area contributed by atoms with Crippen molar-refractivity contribution in [3.63, 3.8) is 0 Å². The van der Waals surface area contributed by atoms with Gasteiger partial charge in [-0.05, 0) is 0 Å². The Labute approximate surface area is 99.5 Å². The van der Waals surface area contributed by atoms with Gasteiger partial charge in [0.25, 0.3) is 0 Å². The third-order valence-corrected chi connectivity index (χ3v) is 8.07. The minimum atomic E-state index is -2.34. The van der Waals surface area contributed by atoms with Gasteiger partial charge in [0.05, 0.1) is 0 Å². The number of carbonyl (C=O) groups is 1. The van der Waals surface area contributed by atoms with Gasteiger partial charge in [0.15, 0.2) is 0 Å². The van der Waals surface area contributed by atoms with Crippen LogP contribution in [-0.4, -0.2) is 36.7 Å². The molecule has 1 rings (SSSR count). The molecule has 0 saturated heterocycles. The summed E-state index contributed by atoms with van der Waals surface area (Å²) < 4.78 is 6.29. The molecular formula is C11H17NO3Sn. The molecule has 0 heterocycles. The first-order valence-corrected chi connectivity index (χ1v) is 15.0. The van der Waals surface area contributed by atoms with Crippen molar-refractivity contribution in [2.24, 2.45) is 0 Å². The van der Waals surface area contributed by atoms with Gasteiger partial charge in [-0.2, -0.15) is 0 Å². The van der Waals surface area contributed by atoms with Crippen molar-refractivity contribution >= 4 is 33.7 Å². The zero-order valence-corrected chi connectivity index (χ0v) is 12.8. The van der Waals surface area contributed by atoms with Gasteiger partial charge >= 0.3 is 99.6 Å². The molecule has 0 aliphatic carbocycles. The average Bonchev–Trinajstić information content (AvgIpc) is 2.15. The van der Waals surface area contributed by atoms with Crippen molar-refractivity contribution in [1.82, 2.24) is 0 Å². The van der Waals surface area contributed by atoms with Crippen LogP contribution in [0.2, 0.25) is 14.8 Å². The molecule has 1 aromatic rings. The molecule has 0 aliphatic rings. The maximum absolute atomic E-state index is 10.7. The van der Waals surface area contributed by atoms with E-state index in [9.17, 15) is 4.79 Å². The summed E-state index contributed by atoms with van der Waals surface area (Å²) in [6.07, 6.45) is -1.03. The number of carboxylic acid groups (broad SMARTS) is 1. The molecule has 0 radical (unpaired) electrons. The Kier molecular flexibility index (Phi) is 4.07. The molecule has 0 spiro atoms. The molecule has 0 atom stereocenters. The zero-order valence-electron chi connectivity index (χ0n) is 10.00. The molecule has 0 saturated carbocycles. The van der Waals surface area contributed by atoms with Crippen molar-refractivity contribution in [2.45, 2.75) is 14.8 Å². The van der Waals surface area contributed by atoms with E-state index in [1.165, 1.54) is 0 Å². The molecule has 1 aromatic carbocycles. The van der Waals surface area contributed by atoms with Crippen LogP contribution in [0, 0.1) is 0 Å². The van der Waals surface area contributed by atoms with Crippen LogP contribution in [0.25, 0.3) is 0 Å². The molecule has 0 unspecified atom stereocenters. The summed E-state index contributed by atoms with van der Waals surface area (Å²) in [5.74, 6) is 0.776. The van der Waals surface area contributed by atoms with E-state index in [4.69, 9.17) is 9.84 Å². The van der Waals surface area contributed by atoms with Gasteiger partial charge in [0.1, 0.15) is 0 Å². The summed E-state index contributed by atoms with van der Waals surface area (Å²) in [5.41, 5.74) is 0.691. The van der Waals surface area contributed by atoms with E-state index in [1.54, 1.807) is 19.2 Å². The molecule has 2 N–H and O–H groups in total. The second-order valence-electron chi connectivity index (χ2n) is 4.59. The number of hydrogen-bond donors (Lipinski definition) is 2. The number of methoxy groups -OCH3 is 1. The molecule has 1 amide bonds. The first-order chi connectivity index (χ1) is 7.34. The Hall–Kier alpha value is -0.911. The minimum absolute atomic E-state index is 0.691. The molecule has 4 nitrogen and oxygen atoms in total. The number of anilines is 1. The first kappa shape index (κ1) is 13.2. The van der Waals surface area contributed by atoms with Crippen LogP contribution in [0.3, 0.4) is 0 Å². The third kappa shape index (κ3) is 3.30. The second kappa shape index (κ2) is 4.95. The van der Waals surface area contributed by atoms with Crippen LogP contribution in [0.1, 0.15) is 0 Å². The van der Waals surface area contributed by atoms with Crippen LogP contribution >= 0.6 is 0 Å². The van der Waals surface area contributed by atoms with E-state index in [0.717, 1.165) is 9.33 Å². The monoisotopic (exact) mass is 331 g/mol. The number of hydrogen-bond acceptors (Lipinski definition) is 2. The van der Waals surface area contributed by atoms with Crippen molar-refractivity contribution in [3.05, 3.63) is 18.2 Å². The molecular weight excluding hydrogens is 313 g/mol. The van der Waals surface area contributed by atoms with Gasteiger partial charge in [-0.15, -0.1) is 0 Å². The fraction of sp³-hybridized carbons (Fsp3) is 0.364. The van der Waals surface area contributed by atoms with Crippen LogP contribution < -0.4 is 13.6 Å². The van der Waals surface area contributed by atoms with Gasteiger partial charge in [0.2, 0.25) is 0 Å². The quantitative estimate of drug-likeness (QED) is 0.837. The van der Waals surface area contributed by atoms with Crippen molar-refractivity contribution in [1.29, 1.82) is 0 Å². The van der Waals surface area contributed by atoms with Crippen molar-refractivity contribution < 1.29 is 14.6 Å². The molecule has 0 aromatic heterocycles. The van der Waals surface area contributed by atoms with E-state index in [1.807, 2.05) is 6.07 Å². The van der Waals surface area contributed by atoms with Crippen molar-refractivity contribution in [3.8, 4) is 5.75 Å². The Balaban J connectivity index is 3.22. The van der Waals surface area contributed by atoms with Gasteiger partial charge in [-0.25, -0.2) is 0 Å². The summed E-state index contributed by atoms with van der Waals surface area (Å²) >= 11 is -2.34. The normalized spacial score (nSPS) is 11.0. The Bertz CT molecular complexity index is 399. The van der Waals surface area contributed by atoms with Crippen LogP contribution in [-0.2, 0) is 0 Å². The number of nitrogens with one attached hydrogen (secondary N) is 1. The van der Waals surface area contributed by atoms with Gasteiger partial charge < -0.3 is 0 Å². The Morgan fingerprint density at radius 1 is 1.38 bits per heavy atom. The first-order valence-electron chi connectivity index (χ1n) is 5.03. The van der Waals surface area contributed by atoms with Crippen molar-refractivity contribution in [2.75, 3.05) is 12.4 Å². The average molecular weight is 330 g/mol. The number of rotatable bonds is 3. The predicted octanol–water partition coefficient (Wildman–Crippen LogP) is 2.33. The van der Waals surface area contributed by atoms with Crippen LogP contribution in [0.15, 0.2) is 18.2 Å². The molecule has 88 valence electrons. The number of amides is 1. The van der Waals surface area contributed by atoms with E-state index in [0.29, 0.717) is 5.69 Å². The molecule has 5 heteroatoms. The van der Waals surface area contributed by atoms with Gasteiger partial charge in [-0.1, -0.05) is 0 Å². The fourth-order valence-electron chi connectivity index (χ4n) is 1.50. The summed E-state index contributed by atoms with van der Waals surface area (Å²) in [7, 11) is 1.61. The summed E-state index contributed by atoms with van der Waals surface area (Å²) in [6, 6.07) is 5.48. The van der Waals surface area contributed by atoms with Gasteiger partial charge in [-0.3, -0.25) is 0 Å². The second-order valence-corrected chi connectivity index (χ2v) is 19.0. The Morgan fingerprint density at radius 2 is 2.00 bits per heavy atom. The molecule has 0 aliphatic heterocycles. The maximum atomic E-state index is 10.7. The van der Waals surface area contributed by atoms with Gasteiger partial charge in [0, 0.05) is 0 Å². The summed E-state index contributed by atoms with van der Waals surface area (Å²) in [6.45, 7) is 0. The SMILES string of the molecule is COc1ccc(NC(=O)O)[c]([Sn]([CH3])([CH3])[CH3])c1. The molecule has 16 heavy (non-hydrogen) atoms. The predicted molar refractivity (Wildman–Crippen MR) is 67.6 cm³/mol. The third-order valence-electron chi connectivity index (χ3n) is 2.28. The van der Waals surface area contributed by atoms with E-state index >= 15 is 0 Å². The number of benzene rings is 1. The summed E-state index contributed by atoms with van der Waals surface area (Å²) in [4.78, 5) is 17.4. The summed E-state index contributed by atoms with van der Waals surface area (Å²) in [5, 5.41) is 11.2. The molecule has 0 bridgehead atoms. The number of ether oxygens (including phenoxy) is 1. The zero-order chi connectivity index (χ0) is 12.3. The fourth-order valence-corrected chi connectivity index (χ4v) is 5.86. The molecule has 0 fully saturated rings. The van der Waals surface area contributed by atoms with Crippen LogP contribution in [0.5, 0.6) is 5.75 Å². The van der Waals surface area contributed by atoms with Crippen LogP contribution in [0.4, 0.5) is 10.5 Å².